The molecule has 5 rings (SSSR count). The number of nitrogens with one attached hydrogen (secondary N) is 3. The SMILES string of the molecule is Cc1ccc(S(=O)(=O)OCC(C)(OC(=O)CCC(=O)NCc2cn(C)nn2)C(=O)[C@H](CC(C)C)NC(=O)[C@@H](CC(=O)[C@H](CC(C)C)NC(=O)[C@H](CCc2ccccc2)CC(=O)CN2CCOCC2)Cc2ccccc2)cc1. The zero-order valence-electron chi connectivity index (χ0n) is 45.5. The van der Waals surface area contributed by atoms with E-state index in [0.717, 1.165) is 11.1 Å². The summed E-state index contributed by atoms with van der Waals surface area (Å²) < 4.78 is 45.3. The molecular weight excluding hydrogens is 1010 g/mol. The second kappa shape index (κ2) is 29.9. The van der Waals surface area contributed by atoms with Crippen LogP contribution in [0, 0.1) is 30.6 Å². The summed E-state index contributed by atoms with van der Waals surface area (Å²) in [4.78, 5) is 101. The number of Topliss-reactive ketones (excluding diaryl/α,β-unsaturated/α-hetero) is 3. The van der Waals surface area contributed by atoms with Gasteiger partial charge in [-0.15, -0.1) is 5.10 Å². The summed E-state index contributed by atoms with van der Waals surface area (Å²) >= 11 is 0. The van der Waals surface area contributed by atoms with Gasteiger partial charge in [-0.2, -0.15) is 8.42 Å². The molecule has 0 aliphatic carbocycles. The fourth-order valence-corrected chi connectivity index (χ4v) is 9.96. The third kappa shape index (κ3) is 20.8. The fraction of sp³-hybridized carbons (Fsp3) is 0.526. The van der Waals surface area contributed by atoms with E-state index in [2.05, 4.69) is 26.3 Å². The van der Waals surface area contributed by atoms with Gasteiger partial charge in [-0.1, -0.05) is 111 Å². The second-order valence-corrected chi connectivity index (χ2v) is 22.7. The molecule has 1 fully saturated rings. The van der Waals surface area contributed by atoms with Crippen molar-refractivity contribution in [1.82, 2.24) is 35.8 Å². The van der Waals surface area contributed by atoms with Gasteiger partial charge in [-0.3, -0.25) is 47.3 Å². The van der Waals surface area contributed by atoms with E-state index in [-0.39, 0.29) is 74.1 Å². The number of benzene rings is 3. The van der Waals surface area contributed by atoms with Crippen molar-refractivity contribution in [3.63, 3.8) is 0 Å². The van der Waals surface area contributed by atoms with Gasteiger partial charge in [-0.05, 0) is 81.0 Å². The van der Waals surface area contributed by atoms with Crippen molar-refractivity contribution in [2.24, 2.45) is 30.7 Å². The van der Waals surface area contributed by atoms with Crippen LogP contribution in [0.5, 0.6) is 0 Å². The molecular formula is C57H77N7O12S. The van der Waals surface area contributed by atoms with Crippen LogP contribution in [0.2, 0.25) is 0 Å². The molecule has 5 atom stereocenters. The summed E-state index contributed by atoms with van der Waals surface area (Å²) in [6.45, 7) is 11.9. The molecule has 3 N–H and O–H groups in total. The molecule has 0 saturated carbocycles. The summed E-state index contributed by atoms with van der Waals surface area (Å²) in [5.74, 6) is -6.25. The molecule has 3 amide bonds. The molecule has 0 bridgehead atoms. The number of aromatic nitrogens is 3. The number of aryl methyl sites for hydroxylation is 3. The minimum absolute atomic E-state index is 0.000125. The second-order valence-electron chi connectivity index (χ2n) is 21.0. The Kier molecular flexibility index (Phi) is 23.8. The van der Waals surface area contributed by atoms with E-state index >= 15 is 4.79 Å². The number of carbonyl (C=O) groups excluding carboxylic acids is 7. The first-order valence-corrected chi connectivity index (χ1v) is 27.9. The molecule has 4 aromatic rings. The Labute approximate surface area is 453 Å². The number of ether oxygens (including phenoxy) is 2. The van der Waals surface area contributed by atoms with Gasteiger partial charge in [0.15, 0.2) is 11.4 Å². The Morgan fingerprint density at radius 2 is 1.36 bits per heavy atom. The minimum atomic E-state index is -4.53. The van der Waals surface area contributed by atoms with Gasteiger partial charge in [0.05, 0.1) is 49.7 Å². The number of hydrogen-bond acceptors (Lipinski definition) is 15. The predicted molar refractivity (Wildman–Crippen MR) is 287 cm³/mol. The summed E-state index contributed by atoms with van der Waals surface area (Å²) in [5.41, 5.74) is 0.636. The Bertz CT molecular complexity index is 2690. The lowest BCUT2D eigenvalue weighted by molar-refractivity contribution is -0.170. The summed E-state index contributed by atoms with van der Waals surface area (Å²) in [6, 6.07) is 22.0. The zero-order chi connectivity index (χ0) is 56.1. The van der Waals surface area contributed by atoms with Crippen molar-refractivity contribution in [1.29, 1.82) is 0 Å². The van der Waals surface area contributed by atoms with E-state index in [4.69, 9.17) is 13.7 Å². The number of hydrogen-bond donors (Lipinski definition) is 3. The third-order valence-electron chi connectivity index (χ3n) is 13.2. The molecule has 0 radical (unpaired) electrons. The number of esters is 1. The first-order valence-electron chi connectivity index (χ1n) is 26.5. The lowest BCUT2D eigenvalue weighted by Crippen LogP contribution is -2.56. The molecule has 1 aliphatic heterocycles. The Hall–Kier alpha value is -6.48. The van der Waals surface area contributed by atoms with Gasteiger partial charge < -0.3 is 25.4 Å². The number of carbonyl (C=O) groups is 7. The van der Waals surface area contributed by atoms with Crippen molar-refractivity contribution >= 4 is 51.2 Å². The Morgan fingerprint density at radius 1 is 0.766 bits per heavy atom. The van der Waals surface area contributed by atoms with Crippen LogP contribution in [-0.2, 0) is 83.8 Å². The number of nitrogens with zero attached hydrogens (tertiary/aromatic N) is 4. The monoisotopic (exact) mass is 1080 g/mol. The van der Waals surface area contributed by atoms with Crippen LogP contribution in [0.3, 0.4) is 0 Å². The highest BCUT2D eigenvalue weighted by atomic mass is 32.2. The van der Waals surface area contributed by atoms with Crippen molar-refractivity contribution < 1.29 is 55.6 Å². The van der Waals surface area contributed by atoms with E-state index in [9.17, 15) is 37.2 Å². The van der Waals surface area contributed by atoms with Crippen molar-refractivity contribution in [2.45, 2.75) is 128 Å². The number of rotatable bonds is 32. The highest BCUT2D eigenvalue weighted by molar-refractivity contribution is 7.86. The Morgan fingerprint density at radius 3 is 1.97 bits per heavy atom. The molecule has 1 saturated heterocycles. The highest BCUT2D eigenvalue weighted by Gasteiger charge is 2.45. The van der Waals surface area contributed by atoms with Crippen LogP contribution < -0.4 is 16.0 Å². The number of amides is 3. The first-order chi connectivity index (χ1) is 36.6. The van der Waals surface area contributed by atoms with Crippen LogP contribution in [-0.4, -0.2) is 126 Å². The van der Waals surface area contributed by atoms with Crippen molar-refractivity contribution in [3.05, 3.63) is 114 Å². The summed E-state index contributed by atoms with van der Waals surface area (Å²) in [7, 11) is -2.86. The lowest BCUT2D eigenvalue weighted by Gasteiger charge is -2.33. The van der Waals surface area contributed by atoms with Crippen molar-refractivity contribution in [3.8, 4) is 0 Å². The van der Waals surface area contributed by atoms with Crippen LogP contribution in [0.15, 0.2) is 96.0 Å². The smallest absolute Gasteiger partial charge is 0.307 e. The van der Waals surface area contributed by atoms with Crippen LogP contribution in [0.25, 0.3) is 0 Å². The standard InChI is InChI=1S/C57H77N7O12S/c1-39(2)30-49(59-55(70)44(21-20-42-14-10-8-11-15-42)33-47(65)37-64-26-28-74-29-27-64)51(66)34-45(32-43-16-12-9-13-17-43)56(71)60-50(31-40(3)4)54(69)57(6,38-75-77(72,73)48-22-18-41(5)19-23-48)76-53(68)25-24-52(67)58-35-46-36-63(7)62-61-46/h8-19,22-23,36,39-40,44-45,49-50H,20-21,24-35,37-38H2,1-7H3,(H,58,67)(H,59,70)(H,60,71)/t44-,45-,49+,50+,57?/m1/s1. The summed E-state index contributed by atoms with van der Waals surface area (Å²) in [5, 5.41) is 16.2. The van der Waals surface area contributed by atoms with Gasteiger partial charge in [0.1, 0.15) is 18.1 Å². The minimum Gasteiger partial charge on any atom is -0.449 e. The van der Waals surface area contributed by atoms with Crippen molar-refractivity contribution in [2.75, 3.05) is 39.5 Å². The van der Waals surface area contributed by atoms with Crippen LogP contribution in [0.4, 0.5) is 0 Å². The van der Waals surface area contributed by atoms with E-state index in [0.29, 0.717) is 50.4 Å². The van der Waals surface area contributed by atoms with Gasteiger partial charge >= 0.3 is 5.97 Å². The lowest BCUT2D eigenvalue weighted by atomic mass is 9.86. The summed E-state index contributed by atoms with van der Waals surface area (Å²) in [6.07, 6.45) is 1.55. The average Bonchev–Trinajstić information content (AvgIpc) is 3.82. The average molecular weight is 1080 g/mol. The molecule has 20 heteroatoms. The van der Waals surface area contributed by atoms with Gasteiger partial charge in [-0.25, -0.2) is 0 Å². The van der Waals surface area contributed by atoms with Crippen LogP contribution >= 0.6 is 0 Å². The highest BCUT2D eigenvalue weighted by Crippen LogP contribution is 2.26. The van der Waals surface area contributed by atoms with E-state index in [1.807, 2.05) is 55.1 Å². The maximum absolute atomic E-state index is 15.0. The largest absolute Gasteiger partial charge is 0.449 e. The van der Waals surface area contributed by atoms with Gasteiger partial charge in [0, 0.05) is 57.4 Å². The molecule has 1 aromatic heterocycles. The number of ketones is 3. The molecule has 1 aliphatic rings. The maximum Gasteiger partial charge on any atom is 0.307 e. The topological polar surface area (TPSA) is 251 Å². The van der Waals surface area contributed by atoms with E-state index in [1.165, 1.54) is 23.7 Å². The van der Waals surface area contributed by atoms with E-state index in [1.54, 1.807) is 70.4 Å². The molecule has 19 nitrogen and oxygen atoms in total. The van der Waals surface area contributed by atoms with Gasteiger partial charge in [0.2, 0.25) is 23.5 Å². The van der Waals surface area contributed by atoms with Gasteiger partial charge in [0.25, 0.3) is 10.1 Å². The maximum atomic E-state index is 15.0. The Balaban J connectivity index is 1.39. The molecule has 77 heavy (non-hydrogen) atoms. The zero-order valence-corrected chi connectivity index (χ0v) is 46.4. The normalized spacial score (nSPS) is 15.4. The van der Waals surface area contributed by atoms with E-state index < -0.39 is 87.9 Å². The first kappa shape index (κ1) is 61.4. The van der Waals surface area contributed by atoms with Crippen LogP contribution in [0.1, 0.15) is 102 Å². The molecule has 0 spiro atoms. The molecule has 1 unspecified atom stereocenters. The predicted octanol–water partition coefficient (Wildman–Crippen LogP) is 5.22. The molecule has 3 aromatic carbocycles. The third-order valence-corrected chi connectivity index (χ3v) is 14.5. The fourth-order valence-electron chi connectivity index (χ4n) is 8.98. The molecule has 418 valence electrons. The molecule has 2 heterocycles. The quantitative estimate of drug-likeness (QED) is 0.0419. The number of morpholine rings is 1.